The van der Waals surface area contributed by atoms with E-state index in [0.29, 0.717) is 12.2 Å². The summed E-state index contributed by atoms with van der Waals surface area (Å²) < 4.78 is 0. The highest BCUT2D eigenvalue weighted by Crippen LogP contribution is 2.28. The van der Waals surface area contributed by atoms with Gasteiger partial charge in [0.1, 0.15) is 12.1 Å². The third kappa shape index (κ3) is 8.88. The molecule has 0 aliphatic rings. The van der Waals surface area contributed by atoms with Crippen molar-refractivity contribution in [3.8, 4) is 0 Å². The zero-order valence-electron chi connectivity index (χ0n) is 18.9. The molecule has 0 aromatic heterocycles. The van der Waals surface area contributed by atoms with Crippen molar-refractivity contribution in [3.05, 3.63) is 35.9 Å². The Balaban J connectivity index is 2.77. The Kier molecular flexibility index (Phi) is 11.0. The highest BCUT2D eigenvalue weighted by atomic mass is 32.2. The van der Waals surface area contributed by atoms with Gasteiger partial charge in [-0.25, -0.2) is 4.79 Å². The number of likely N-dealkylation sites (N-methyl/N-ethyl adjacent to an activating group) is 1. The number of carbonyl (C=O) groups is 3. The Bertz CT molecular complexity index is 727. The summed E-state index contributed by atoms with van der Waals surface area (Å²) in [6.07, 6.45) is -0.804. The molecule has 0 radical (unpaired) electrons. The minimum atomic E-state index is -1.49. The second-order valence-electron chi connectivity index (χ2n) is 8.60. The molecule has 0 fully saturated rings. The van der Waals surface area contributed by atoms with Gasteiger partial charge in [0.2, 0.25) is 5.91 Å². The highest BCUT2D eigenvalue weighted by Gasteiger charge is 2.38. The highest BCUT2D eigenvalue weighted by molar-refractivity contribution is 7.98. The third-order valence-corrected chi connectivity index (χ3v) is 6.33. The van der Waals surface area contributed by atoms with E-state index in [2.05, 4.69) is 10.6 Å². The number of nitrogens with one attached hydrogen (secondary N) is 2. The number of imide groups is 1. The van der Waals surface area contributed by atoms with Gasteiger partial charge in [-0.3, -0.25) is 14.8 Å². The average molecular weight is 454 g/mol. The standard InChI is InChI=1S/C22H35N3O5S/c1-15(2)11-12-17(26)20(28)25(30)21(29)24-18(19(27)23-5)22(3,4)14-31-13-16-9-7-6-8-10-16/h6-10,15,17-18,26,30H,11-14H2,1-5H3,(H,23,27)(H,24,29)/t17-,18?/m0/s1. The topological polar surface area (TPSA) is 119 Å². The first-order chi connectivity index (χ1) is 14.5. The van der Waals surface area contributed by atoms with E-state index in [4.69, 9.17) is 0 Å². The Labute approximate surface area is 188 Å². The Morgan fingerprint density at radius 2 is 1.74 bits per heavy atom. The summed E-state index contributed by atoms with van der Waals surface area (Å²) >= 11 is 1.61. The lowest BCUT2D eigenvalue weighted by atomic mass is 9.86. The normalized spacial score (nSPS) is 13.4. The monoisotopic (exact) mass is 453 g/mol. The van der Waals surface area contributed by atoms with Crippen molar-refractivity contribution in [2.24, 2.45) is 11.3 Å². The molecular formula is C22H35N3O5S. The van der Waals surface area contributed by atoms with Crippen LogP contribution in [0.25, 0.3) is 0 Å². The van der Waals surface area contributed by atoms with Crippen LogP contribution in [0.3, 0.4) is 0 Å². The van der Waals surface area contributed by atoms with E-state index in [1.54, 1.807) is 11.8 Å². The van der Waals surface area contributed by atoms with E-state index < -0.39 is 35.4 Å². The average Bonchev–Trinajstić information content (AvgIpc) is 2.74. The molecule has 0 spiro atoms. The van der Waals surface area contributed by atoms with Crippen LogP contribution in [0.5, 0.6) is 0 Å². The van der Waals surface area contributed by atoms with Crippen molar-refractivity contribution in [1.82, 2.24) is 15.7 Å². The van der Waals surface area contributed by atoms with Crippen LogP contribution in [-0.4, -0.2) is 58.2 Å². The van der Waals surface area contributed by atoms with Gasteiger partial charge in [-0.15, -0.1) is 5.06 Å². The number of hydroxylamine groups is 2. The van der Waals surface area contributed by atoms with Crippen LogP contribution in [0.1, 0.15) is 46.1 Å². The number of aliphatic hydroxyl groups excluding tert-OH is 1. The van der Waals surface area contributed by atoms with Crippen LogP contribution in [-0.2, 0) is 15.3 Å². The quantitative estimate of drug-likeness (QED) is 0.302. The lowest BCUT2D eigenvalue weighted by Gasteiger charge is -2.34. The fourth-order valence-corrected chi connectivity index (χ4v) is 4.11. The van der Waals surface area contributed by atoms with Crippen molar-refractivity contribution < 1.29 is 24.7 Å². The number of benzene rings is 1. The number of nitrogens with zero attached hydrogens (tertiary/aromatic N) is 1. The van der Waals surface area contributed by atoms with Crippen LogP contribution in [0, 0.1) is 11.3 Å². The van der Waals surface area contributed by atoms with Gasteiger partial charge in [0.25, 0.3) is 5.91 Å². The fraction of sp³-hybridized carbons (Fsp3) is 0.591. The molecule has 9 heteroatoms. The molecule has 0 aliphatic heterocycles. The smallest absolute Gasteiger partial charge is 0.349 e. The molecule has 2 atom stereocenters. The van der Waals surface area contributed by atoms with Crippen molar-refractivity contribution in [1.29, 1.82) is 0 Å². The van der Waals surface area contributed by atoms with Crippen molar-refractivity contribution in [2.75, 3.05) is 12.8 Å². The van der Waals surface area contributed by atoms with Gasteiger partial charge < -0.3 is 15.7 Å². The van der Waals surface area contributed by atoms with Crippen LogP contribution in [0.15, 0.2) is 30.3 Å². The van der Waals surface area contributed by atoms with Gasteiger partial charge in [-0.2, -0.15) is 11.8 Å². The Hall–Kier alpha value is -2.10. The molecule has 174 valence electrons. The molecule has 1 aromatic carbocycles. The van der Waals surface area contributed by atoms with E-state index in [9.17, 15) is 24.7 Å². The largest absolute Gasteiger partial charge is 0.383 e. The van der Waals surface area contributed by atoms with Gasteiger partial charge in [0.05, 0.1) is 0 Å². The molecule has 0 bridgehead atoms. The summed E-state index contributed by atoms with van der Waals surface area (Å²) in [5.74, 6) is -0.0257. The van der Waals surface area contributed by atoms with E-state index in [1.165, 1.54) is 7.05 Å². The lowest BCUT2D eigenvalue weighted by Crippen LogP contribution is -2.58. The van der Waals surface area contributed by atoms with Gasteiger partial charge >= 0.3 is 6.03 Å². The summed E-state index contributed by atoms with van der Waals surface area (Å²) in [5, 5.41) is 24.7. The zero-order valence-corrected chi connectivity index (χ0v) is 19.7. The molecule has 1 aromatic rings. The van der Waals surface area contributed by atoms with Crippen molar-refractivity contribution in [3.63, 3.8) is 0 Å². The first-order valence-electron chi connectivity index (χ1n) is 10.3. The maximum Gasteiger partial charge on any atom is 0.349 e. The molecule has 4 amide bonds. The van der Waals surface area contributed by atoms with Crippen molar-refractivity contribution in [2.45, 2.75) is 58.4 Å². The number of amides is 4. The molecule has 4 N–H and O–H groups in total. The number of hydrogen-bond acceptors (Lipinski definition) is 6. The number of aliphatic hydroxyl groups is 1. The molecule has 31 heavy (non-hydrogen) atoms. The fourth-order valence-electron chi connectivity index (χ4n) is 2.89. The molecule has 0 saturated carbocycles. The number of rotatable bonds is 11. The van der Waals surface area contributed by atoms with E-state index in [-0.39, 0.29) is 17.4 Å². The summed E-state index contributed by atoms with van der Waals surface area (Å²) in [7, 11) is 1.45. The molecular weight excluding hydrogens is 418 g/mol. The maximum atomic E-state index is 12.5. The van der Waals surface area contributed by atoms with Gasteiger partial charge in [-0.05, 0) is 24.3 Å². The SMILES string of the molecule is CNC(=O)C(NC(=O)N(O)C(=O)[C@@H](O)CCC(C)C)C(C)(C)CSCc1ccccc1. The Morgan fingerprint density at radius 3 is 2.29 bits per heavy atom. The van der Waals surface area contributed by atoms with Crippen LogP contribution < -0.4 is 10.6 Å². The van der Waals surface area contributed by atoms with Gasteiger partial charge in [0.15, 0.2) is 0 Å². The summed E-state index contributed by atoms with van der Waals surface area (Å²) in [5.41, 5.74) is 0.460. The minimum Gasteiger partial charge on any atom is -0.383 e. The summed E-state index contributed by atoms with van der Waals surface area (Å²) in [6, 6.07) is 7.73. The molecule has 0 aliphatic carbocycles. The predicted octanol–water partition coefficient (Wildman–Crippen LogP) is 2.79. The summed E-state index contributed by atoms with van der Waals surface area (Å²) in [6.45, 7) is 7.53. The van der Waals surface area contributed by atoms with Gasteiger partial charge in [-0.1, -0.05) is 58.0 Å². The second-order valence-corrected chi connectivity index (χ2v) is 9.59. The lowest BCUT2D eigenvalue weighted by molar-refractivity contribution is -0.163. The zero-order chi connectivity index (χ0) is 23.6. The van der Waals surface area contributed by atoms with Crippen LogP contribution in [0.4, 0.5) is 4.79 Å². The molecule has 0 saturated heterocycles. The first kappa shape index (κ1) is 26.9. The summed E-state index contributed by atoms with van der Waals surface area (Å²) in [4.78, 5) is 37.1. The van der Waals surface area contributed by atoms with Crippen LogP contribution >= 0.6 is 11.8 Å². The van der Waals surface area contributed by atoms with E-state index in [1.807, 2.05) is 58.0 Å². The molecule has 8 nitrogen and oxygen atoms in total. The second kappa shape index (κ2) is 12.7. The van der Waals surface area contributed by atoms with Gasteiger partial charge in [0, 0.05) is 24.0 Å². The molecule has 1 unspecified atom stereocenters. The number of hydrogen-bond donors (Lipinski definition) is 4. The Morgan fingerprint density at radius 1 is 1.13 bits per heavy atom. The first-order valence-corrected chi connectivity index (χ1v) is 11.5. The minimum absolute atomic E-state index is 0.126. The number of thioether (sulfide) groups is 1. The van der Waals surface area contributed by atoms with E-state index >= 15 is 0 Å². The van der Waals surface area contributed by atoms with E-state index in [0.717, 1.165) is 11.3 Å². The van der Waals surface area contributed by atoms with Crippen LogP contribution in [0.2, 0.25) is 0 Å². The molecule has 0 heterocycles. The third-order valence-electron chi connectivity index (χ3n) is 4.85. The number of urea groups is 1. The van der Waals surface area contributed by atoms with Crippen molar-refractivity contribution >= 4 is 29.6 Å². The maximum absolute atomic E-state index is 12.5. The molecule has 1 rings (SSSR count). The number of carbonyl (C=O) groups excluding carboxylic acids is 3. The predicted molar refractivity (Wildman–Crippen MR) is 121 cm³/mol.